The monoisotopic (exact) mass is 335 g/mol. The van der Waals surface area contributed by atoms with Crippen LogP contribution in [-0.4, -0.2) is 26.7 Å². The van der Waals surface area contributed by atoms with Crippen LogP contribution in [0.2, 0.25) is 5.02 Å². The van der Waals surface area contributed by atoms with E-state index < -0.39 is 33.0 Å². The molecule has 21 heavy (non-hydrogen) atoms. The van der Waals surface area contributed by atoms with Crippen molar-refractivity contribution in [3.8, 4) is 0 Å². The number of esters is 1. The Bertz CT molecular complexity index is 650. The summed E-state index contributed by atoms with van der Waals surface area (Å²) in [6, 6.07) is 3.59. The third-order valence-electron chi connectivity index (χ3n) is 3.54. The van der Waals surface area contributed by atoms with Crippen LogP contribution in [0.3, 0.4) is 0 Å². The fraction of sp³-hybridized carbons (Fsp3) is 0.462. The number of nitrogens with one attached hydrogen (secondary N) is 1. The molecule has 5 nitrogen and oxygen atoms in total. The van der Waals surface area contributed by atoms with Crippen molar-refractivity contribution in [2.75, 3.05) is 11.8 Å². The summed E-state index contributed by atoms with van der Waals surface area (Å²) in [5.74, 6) is -2.01. The van der Waals surface area contributed by atoms with E-state index in [4.69, 9.17) is 11.6 Å². The number of hydrogen-bond donors (Lipinski definition) is 1. The van der Waals surface area contributed by atoms with Crippen molar-refractivity contribution in [3.63, 3.8) is 0 Å². The number of anilines is 1. The van der Waals surface area contributed by atoms with E-state index in [-0.39, 0.29) is 10.7 Å². The second-order valence-electron chi connectivity index (χ2n) is 4.87. The largest absolute Gasteiger partial charge is 0.469 e. The summed E-state index contributed by atoms with van der Waals surface area (Å²) in [6.07, 6.45) is 1.37. The molecule has 1 aromatic rings. The van der Waals surface area contributed by atoms with Crippen molar-refractivity contribution in [2.24, 2.45) is 5.92 Å². The normalized spacial score (nSPS) is 22.0. The molecule has 0 radical (unpaired) electrons. The van der Waals surface area contributed by atoms with E-state index in [1.165, 1.54) is 19.2 Å². The predicted molar refractivity (Wildman–Crippen MR) is 77.1 cm³/mol. The molecule has 8 heteroatoms. The topological polar surface area (TPSA) is 72.5 Å². The number of ether oxygens (including phenoxy) is 1. The van der Waals surface area contributed by atoms with Crippen molar-refractivity contribution in [1.82, 2.24) is 0 Å². The van der Waals surface area contributed by atoms with Gasteiger partial charge in [0.15, 0.2) is 0 Å². The predicted octanol–water partition coefficient (Wildman–Crippen LogP) is 2.56. The van der Waals surface area contributed by atoms with E-state index >= 15 is 0 Å². The molecule has 2 rings (SSSR count). The summed E-state index contributed by atoms with van der Waals surface area (Å²) in [4.78, 5) is 11.6. The highest BCUT2D eigenvalue weighted by Gasteiger charge is 2.42. The van der Waals surface area contributed by atoms with Gasteiger partial charge in [-0.1, -0.05) is 18.0 Å². The molecule has 1 aromatic carbocycles. The summed E-state index contributed by atoms with van der Waals surface area (Å²) in [7, 11) is -2.69. The highest BCUT2D eigenvalue weighted by atomic mass is 35.5. The summed E-state index contributed by atoms with van der Waals surface area (Å²) >= 11 is 5.73. The van der Waals surface area contributed by atoms with Crippen LogP contribution in [0.1, 0.15) is 19.3 Å². The molecular formula is C13H15ClFNO4S. The molecule has 1 fully saturated rings. The van der Waals surface area contributed by atoms with E-state index in [1.807, 2.05) is 0 Å². The van der Waals surface area contributed by atoms with Gasteiger partial charge in [-0.15, -0.1) is 0 Å². The number of benzene rings is 1. The van der Waals surface area contributed by atoms with Gasteiger partial charge in [0, 0.05) is 5.02 Å². The molecule has 0 bridgehead atoms. The number of rotatable bonds is 4. The molecule has 0 amide bonds. The Kier molecular flexibility index (Phi) is 4.73. The first-order chi connectivity index (χ1) is 9.85. The van der Waals surface area contributed by atoms with Crippen LogP contribution in [0, 0.1) is 11.7 Å². The van der Waals surface area contributed by atoms with Crippen LogP contribution in [0.5, 0.6) is 0 Å². The van der Waals surface area contributed by atoms with Crippen LogP contribution in [-0.2, 0) is 19.6 Å². The van der Waals surface area contributed by atoms with Crippen LogP contribution in [0.4, 0.5) is 10.1 Å². The minimum Gasteiger partial charge on any atom is -0.469 e. The summed E-state index contributed by atoms with van der Waals surface area (Å²) in [6.45, 7) is 0. The zero-order chi connectivity index (χ0) is 15.6. The van der Waals surface area contributed by atoms with Gasteiger partial charge in [-0.2, -0.15) is 0 Å². The highest BCUT2D eigenvalue weighted by molar-refractivity contribution is 7.93. The first-order valence-corrected chi connectivity index (χ1v) is 8.32. The van der Waals surface area contributed by atoms with E-state index in [2.05, 4.69) is 9.46 Å². The maximum atomic E-state index is 13.6. The molecule has 0 spiro atoms. The molecule has 0 aliphatic heterocycles. The molecule has 2 unspecified atom stereocenters. The third kappa shape index (κ3) is 3.47. The number of methoxy groups -OCH3 is 1. The van der Waals surface area contributed by atoms with E-state index in [0.717, 1.165) is 6.07 Å². The van der Waals surface area contributed by atoms with Crippen molar-refractivity contribution in [1.29, 1.82) is 0 Å². The van der Waals surface area contributed by atoms with Gasteiger partial charge in [0.05, 0.1) is 24.0 Å². The quantitative estimate of drug-likeness (QED) is 0.858. The first-order valence-electron chi connectivity index (χ1n) is 6.39. The van der Waals surface area contributed by atoms with Gasteiger partial charge in [0.1, 0.15) is 5.82 Å². The Morgan fingerprint density at radius 2 is 2.14 bits per heavy atom. The first kappa shape index (κ1) is 16.0. The van der Waals surface area contributed by atoms with E-state index in [9.17, 15) is 17.6 Å². The van der Waals surface area contributed by atoms with Gasteiger partial charge in [-0.3, -0.25) is 9.52 Å². The lowest BCUT2D eigenvalue weighted by molar-refractivity contribution is -0.145. The number of carbonyl (C=O) groups excluding carboxylic acids is 1. The third-order valence-corrected chi connectivity index (χ3v) is 5.64. The Hall–Kier alpha value is -1.34. The molecule has 1 aliphatic rings. The molecule has 1 aliphatic carbocycles. The molecular weight excluding hydrogens is 321 g/mol. The van der Waals surface area contributed by atoms with Crippen molar-refractivity contribution < 1.29 is 22.3 Å². The molecule has 1 N–H and O–H groups in total. The molecule has 116 valence electrons. The van der Waals surface area contributed by atoms with E-state index in [1.54, 1.807) is 0 Å². The van der Waals surface area contributed by atoms with Crippen molar-refractivity contribution in [2.45, 2.75) is 24.5 Å². The van der Waals surface area contributed by atoms with Gasteiger partial charge >= 0.3 is 5.97 Å². The van der Waals surface area contributed by atoms with E-state index in [0.29, 0.717) is 19.3 Å². The molecule has 1 saturated carbocycles. The number of carbonyl (C=O) groups is 1. The Morgan fingerprint density at radius 3 is 2.81 bits per heavy atom. The fourth-order valence-corrected chi connectivity index (χ4v) is 4.47. The van der Waals surface area contributed by atoms with Gasteiger partial charge in [-0.05, 0) is 31.0 Å². The minimum absolute atomic E-state index is 0.213. The second kappa shape index (κ2) is 6.19. The molecule has 2 atom stereocenters. The van der Waals surface area contributed by atoms with Gasteiger partial charge < -0.3 is 4.74 Å². The van der Waals surface area contributed by atoms with Gasteiger partial charge in [0.2, 0.25) is 10.0 Å². The van der Waals surface area contributed by atoms with Gasteiger partial charge in [-0.25, -0.2) is 12.8 Å². The van der Waals surface area contributed by atoms with Crippen molar-refractivity contribution in [3.05, 3.63) is 29.0 Å². The van der Waals surface area contributed by atoms with Crippen molar-refractivity contribution >= 4 is 33.3 Å². The number of halogens is 2. The average molecular weight is 336 g/mol. The summed E-state index contributed by atoms with van der Waals surface area (Å²) in [5.41, 5.74) is -0.224. The minimum atomic E-state index is -3.91. The standard InChI is InChI=1S/C13H15ClFNO4S/c1-20-13(17)9-3-2-4-12(9)21(18,19)16-11-7-8(14)5-6-10(11)15/h5-7,9,12,16H,2-4H2,1H3. The lowest BCUT2D eigenvalue weighted by atomic mass is 10.1. The Labute approximate surface area is 127 Å². The summed E-state index contributed by atoms with van der Waals surface area (Å²) in [5, 5.41) is -0.714. The molecule has 0 heterocycles. The van der Waals surface area contributed by atoms with Crippen LogP contribution in [0.25, 0.3) is 0 Å². The Balaban J connectivity index is 2.25. The smallest absolute Gasteiger partial charge is 0.310 e. The number of sulfonamides is 1. The molecule has 0 saturated heterocycles. The van der Waals surface area contributed by atoms with Crippen LogP contribution in [0.15, 0.2) is 18.2 Å². The maximum Gasteiger partial charge on any atom is 0.310 e. The Morgan fingerprint density at radius 1 is 1.43 bits per heavy atom. The number of hydrogen-bond acceptors (Lipinski definition) is 4. The SMILES string of the molecule is COC(=O)C1CCCC1S(=O)(=O)Nc1cc(Cl)ccc1F. The zero-order valence-corrected chi connectivity index (χ0v) is 12.9. The maximum absolute atomic E-state index is 13.6. The van der Waals surface area contributed by atoms with Crippen LogP contribution >= 0.6 is 11.6 Å². The average Bonchev–Trinajstić information content (AvgIpc) is 2.92. The lowest BCUT2D eigenvalue weighted by Crippen LogP contribution is -2.35. The van der Waals surface area contributed by atoms with Crippen LogP contribution < -0.4 is 4.72 Å². The summed E-state index contributed by atoms with van der Waals surface area (Å²) < 4.78 is 45.2. The fourth-order valence-electron chi connectivity index (χ4n) is 2.52. The second-order valence-corrected chi connectivity index (χ2v) is 7.21. The zero-order valence-electron chi connectivity index (χ0n) is 11.3. The highest BCUT2D eigenvalue weighted by Crippen LogP contribution is 2.33. The van der Waals surface area contributed by atoms with Gasteiger partial charge in [0.25, 0.3) is 0 Å². The lowest BCUT2D eigenvalue weighted by Gasteiger charge is -2.19. The molecule has 0 aromatic heterocycles.